The van der Waals surface area contributed by atoms with Crippen molar-refractivity contribution >= 4 is 16.9 Å². The van der Waals surface area contributed by atoms with Crippen LogP contribution in [0.4, 0.5) is 0 Å². The van der Waals surface area contributed by atoms with Crippen LogP contribution in [0.2, 0.25) is 0 Å². The smallest absolute Gasteiger partial charge is 0.336 e. The quantitative estimate of drug-likeness (QED) is 0.808. The van der Waals surface area contributed by atoms with E-state index in [1.54, 1.807) is 6.07 Å². The number of rotatable bonds is 7. The van der Waals surface area contributed by atoms with Crippen molar-refractivity contribution in [3.63, 3.8) is 0 Å². The van der Waals surface area contributed by atoms with Gasteiger partial charge in [0, 0.05) is 23.6 Å². The first-order valence-corrected chi connectivity index (χ1v) is 7.53. The Hall–Kier alpha value is -1.77. The lowest BCUT2D eigenvalue weighted by Crippen LogP contribution is -1.99. The Bertz CT molecular complexity index is 598. The molecule has 0 spiro atoms. The zero-order chi connectivity index (χ0) is 14.5. The molecule has 0 fully saturated rings. The number of carboxylic acids is 1. The maximum Gasteiger partial charge on any atom is 0.336 e. The molecule has 0 bridgehead atoms. The molecular weight excluding hydrogens is 250 g/mol. The minimum absolute atomic E-state index is 0.434. The molecule has 0 aliphatic carbocycles. The zero-order valence-corrected chi connectivity index (χ0v) is 12.4. The number of nitrogens with zero attached hydrogens (tertiary/aromatic N) is 1. The highest BCUT2D eigenvalue weighted by Gasteiger charge is 2.15. The van der Waals surface area contributed by atoms with E-state index in [4.69, 9.17) is 0 Å². The van der Waals surface area contributed by atoms with Gasteiger partial charge in [0.05, 0.1) is 5.56 Å². The molecule has 0 unspecified atom stereocenters. The first-order chi connectivity index (χ1) is 9.69. The van der Waals surface area contributed by atoms with Gasteiger partial charge in [-0.25, -0.2) is 4.79 Å². The third-order valence-corrected chi connectivity index (χ3v) is 3.77. The van der Waals surface area contributed by atoms with E-state index in [-0.39, 0.29) is 0 Å². The normalized spacial score (nSPS) is 11.1. The molecule has 2 rings (SSSR count). The third-order valence-electron chi connectivity index (χ3n) is 3.77. The van der Waals surface area contributed by atoms with E-state index in [0.29, 0.717) is 5.56 Å². The molecule has 0 atom stereocenters. The van der Waals surface area contributed by atoms with Gasteiger partial charge in [-0.2, -0.15) is 0 Å². The second-order valence-electron chi connectivity index (χ2n) is 5.31. The number of aromatic nitrogens is 1. The Balaban J connectivity index is 2.54. The summed E-state index contributed by atoms with van der Waals surface area (Å²) in [6, 6.07) is 5.59. The molecule has 1 aromatic heterocycles. The van der Waals surface area contributed by atoms with Crippen molar-refractivity contribution in [2.45, 2.75) is 52.5 Å². The van der Waals surface area contributed by atoms with Crippen molar-refractivity contribution in [1.82, 2.24) is 4.57 Å². The first kappa shape index (κ1) is 14.6. The van der Waals surface area contributed by atoms with Gasteiger partial charge < -0.3 is 9.67 Å². The van der Waals surface area contributed by atoms with E-state index in [2.05, 4.69) is 24.6 Å². The van der Waals surface area contributed by atoms with E-state index < -0.39 is 5.97 Å². The largest absolute Gasteiger partial charge is 0.478 e. The number of carbonyl (C=O) groups is 1. The van der Waals surface area contributed by atoms with Gasteiger partial charge in [0.15, 0.2) is 0 Å². The molecule has 1 aromatic carbocycles. The molecule has 0 aliphatic heterocycles. The molecule has 1 heterocycles. The van der Waals surface area contributed by atoms with E-state index in [0.717, 1.165) is 49.6 Å². The second-order valence-corrected chi connectivity index (χ2v) is 5.31. The Labute approximate surface area is 120 Å². The lowest BCUT2D eigenvalue weighted by atomic mass is 10.0. The summed E-state index contributed by atoms with van der Waals surface area (Å²) < 4.78 is 2.22. The first-order valence-electron chi connectivity index (χ1n) is 7.53. The maximum absolute atomic E-state index is 11.5. The Morgan fingerprint density at radius 2 is 1.95 bits per heavy atom. The number of aryl methyl sites for hydroxylation is 2. The van der Waals surface area contributed by atoms with Crippen molar-refractivity contribution in [3.8, 4) is 0 Å². The molecule has 0 aliphatic rings. The van der Waals surface area contributed by atoms with Crippen LogP contribution >= 0.6 is 0 Å². The minimum atomic E-state index is -0.832. The van der Waals surface area contributed by atoms with Crippen molar-refractivity contribution in [1.29, 1.82) is 0 Å². The van der Waals surface area contributed by atoms with E-state index in [9.17, 15) is 9.90 Å². The van der Waals surface area contributed by atoms with Crippen LogP contribution in [-0.4, -0.2) is 15.6 Å². The predicted molar refractivity (Wildman–Crippen MR) is 82.4 cm³/mol. The summed E-state index contributed by atoms with van der Waals surface area (Å²) in [6.45, 7) is 5.29. The zero-order valence-electron chi connectivity index (χ0n) is 12.4. The Kier molecular flexibility index (Phi) is 4.83. The molecular formula is C17H23NO2. The highest BCUT2D eigenvalue weighted by atomic mass is 16.4. The van der Waals surface area contributed by atoms with Crippen molar-refractivity contribution in [3.05, 3.63) is 35.5 Å². The fraction of sp³-hybridized carbons (Fsp3) is 0.471. The maximum atomic E-state index is 11.5. The summed E-state index contributed by atoms with van der Waals surface area (Å²) >= 11 is 0. The van der Waals surface area contributed by atoms with Crippen LogP contribution in [0.5, 0.6) is 0 Å². The van der Waals surface area contributed by atoms with Gasteiger partial charge in [0.2, 0.25) is 0 Å². The number of fused-ring (bicyclic) bond motifs is 1. The van der Waals surface area contributed by atoms with Crippen LogP contribution in [-0.2, 0) is 13.0 Å². The Morgan fingerprint density at radius 1 is 1.20 bits per heavy atom. The molecule has 3 nitrogen and oxygen atoms in total. The third kappa shape index (κ3) is 2.87. The van der Waals surface area contributed by atoms with E-state index in [1.165, 1.54) is 5.56 Å². The second kappa shape index (κ2) is 6.60. The number of benzene rings is 1. The van der Waals surface area contributed by atoms with Crippen molar-refractivity contribution < 1.29 is 9.90 Å². The fourth-order valence-electron chi connectivity index (χ4n) is 2.69. The molecule has 2 aromatic rings. The predicted octanol–water partition coefficient (Wildman–Crippen LogP) is 4.48. The summed E-state index contributed by atoms with van der Waals surface area (Å²) in [7, 11) is 0. The van der Waals surface area contributed by atoms with Gasteiger partial charge in [-0.1, -0.05) is 32.8 Å². The van der Waals surface area contributed by atoms with Gasteiger partial charge >= 0.3 is 5.97 Å². The van der Waals surface area contributed by atoms with Gasteiger partial charge in [-0.05, 0) is 37.0 Å². The summed E-state index contributed by atoms with van der Waals surface area (Å²) in [6.07, 6.45) is 7.59. The monoisotopic (exact) mass is 273 g/mol. The molecule has 0 amide bonds. The molecule has 0 radical (unpaired) electrons. The van der Waals surface area contributed by atoms with Crippen molar-refractivity contribution in [2.24, 2.45) is 0 Å². The number of hydrogen-bond donors (Lipinski definition) is 1. The summed E-state index contributed by atoms with van der Waals surface area (Å²) in [4.78, 5) is 11.5. The fourth-order valence-corrected chi connectivity index (χ4v) is 2.69. The van der Waals surface area contributed by atoms with Gasteiger partial charge in [0.1, 0.15) is 0 Å². The summed E-state index contributed by atoms with van der Waals surface area (Å²) in [5.41, 5.74) is 2.67. The lowest BCUT2D eigenvalue weighted by molar-refractivity contribution is 0.0699. The highest BCUT2D eigenvalue weighted by molar-refractivity contribution is 6.04. The molecule has 0 saturated carbocycles. The van der Waals surface area contributed by atoms with Gasteiger partial charge in [-0.15, -0.1) is 0 Å². The average Bonchev–Trinajstić information content (AvgIpc) is 2.80. The number of hydrogen-bond acceptors (Lipinski definition) is 1. The Morgan fingerprint density at radius 3 is 2.60 bits per heavy atom. The highest BCUT2D eigenvalue weighted by Crippen LogP contribution is 2.27. The molecule has 0 saturated heterocycles. The minimum Gasteiger partial charge on any atom is -0.478 e. The van der Waals surface area contributed by atoms with E-state index >= 15 is 0 Å². The molecule has 108 valence electrons. The van der Waals surface area contributed by atoms with Crippen LogP contribution in [0, 0.1) is 0 Å². The number of aromatic carboxylic acids is 1. The van der Waals surface area contributed by atoms with Crippen molar-refractivity contribution in [2.75, 3.05) is 0 Å². The summed E-state index contributed by atoms with van der Waals surface area (Å²) in [5.74, 6) is -0.832. The molecule has 3 heteroatoms. The van der Waals surface area contributed by atoms with Crippen LogP contribution < -0.4 is 0 Å². The van der Waals surface area contributed by atoms with Crippen LogP contribution in [0.15, 0.2) is 24.4 Å². The SMILES string of the molecule is CCCCc1cn(CCCC)c2cccc(C(=O)O)c12. The van der Waals surface area contributed by atoms with Crippen LogP contribution in [0.3, 0.4) is 0 Å². The topological polar surface area (TPSA) is 42.2 Å². The van der Waals surface area contributed by atoms with Gasteiger partial charge in [-0.3, -0.25) is 0 Å². The van der Waals surface area contributed by atoms with Gasteiger partial charge in [0.25, 0.3) is 0 Å². The number of unbranched alkanes of at least 4 members (excludes halogenated alkanes) is 2. The molecule has 20 heavy (non-hydrogen) atoms. The standard InChI is InChI=1S/C17H23NO2/c1-3-5-8-13-12-18(11-6-4-2)15-10-7-9-14(16(13)15)17(19)20/h7,9-10,12H,3-6,8,11H2,1-2H3,(H,19,20). The van der Waals surface area contributed by atoms with E-state index in [1.807, 2.05) is 12.1 Å². The van der Waals surface area contributed by atoms with Crippen LogP contribution in [0.1, 0.15) is 55.5 Å². The molecule has 1 N–H and O–H groups in total. The lowest BCUT2D eigenvalue weighted by Gasteiger charge is -2.04. The number of carboxylic acid groups (broad SMARTS) is 1. The summed E-state index contributed by atoms with van der Waals surface area (Å²) in [5, 5.41) is 10.3. The van der Waals surface area contributed by atoms with Crippen LogP contribution in [0.25, 0.3) is 10.9 Å². The average molecular weight is 273 g/mol.